The van der Waals surface area contributed by atoms with Crippen molar-refractivity contribution in [1.29, 1.82) is 0 Å². The van der Waals surface area contributed by atoms with Gasteiger partial charge in [-0.2, -0.15) is 0 Å². The number of nitrogens with one attached hydrogen (secondary N) is 1. The second kappa shape index (κ2) is 6.20. The SMILES string of the molecule is CNc1ncnc(Sc2ccccc2OC)c1[N+](=O)[O-]. The van der Waals surface area contributed by atoms with Crippen LogP contribution in [0.1, 0.15) is 0 Å². The van der Waals surface area contributed by atoms with Crippen LogP contribution in [0, 0.1) is 10.1 Å². The molecule has 1 N–H and O–H groups in total. The molecular formula is C12H12N4O3S. The van der Waals surface area contributed by atoms with Gasteiger partial charge in [0.05, 0.1) is 16.9 Å². The van der Waals surface area contributed by atoms with Crippen molar-refractivity contribution in [2.24, 2.45) is 0 Å². The second-order valence-electron chi connectivity index (χ2n) is 3.64. The summed E-state index contributed by atoms with van der Waals surface area (Å²) in [6.45, 7) is 0. The summed E-state index contributed by atoms with van der Waals surface area (Å²) in [4.78, 5) is 19.3. The molecule has 0 aliphatic rings. The van der Waals surface area contributed by atoms with Crippen LogP contribution < -0.4 is 10.1 Å². The maximum Gasteiger partial charge on any atom is 0.343 e. The van der Waals surface area contributed by atoms with E-state index in [0.29, 0.717) is 5.75 Å². The minimum Gasteiger partial charge on any atom is -0.496 e. The molecule has 7 nitrogen and oxygen atoms in total. The van der Waals surface area contributed by atoms with Gasteiger partial charge in [-0.25, -0.2) is 9.97 Å². The van der Waals surface area contributed by atoms with E-state index in [0.717, 1.165) is 4.90 Å². The lowest BCUT2D eigenvalue weighted by molar-refractivity contribution is -0.387. The van der Waals surface area contributed by atoms with Crippen molar-refractivity contribution >= 4 is 23.3 Å². The number of benzene rings is 1. The predicted molar refractivity (Wildman–Crippen MR) is 75.4 cm³/mol. The van der Waals surface area contributed by atoms with Crippen molar-refractivity contribution in [3.8, 4) is 5.75 Å². The highest BCUT2D eigenvalue weighted by atomic mass is 32.2. The summed E-state index contributed by atoms with van der Waals surface area (Å²) in [5, 5.41) is 14.1. The van der Waals surface area contributed by atoms with Gasteiger partial charge in [-0.05, 0) is 12.1 Å². The van der Waals surface area contributed by atoms with Gasteiger partial charge >= 0.3 is 5.69 Å². The summed E-state index contributed by atoms with van der Waals surface area (Å²) < 4.78 is 5.22. The van der Waals surface area contributed by atoms with Gasteiger partial charge in [-0.3, -0.25) is 10.1 Å². The number of nitrogens with zero attached hydrogens (tertiary/aromatic N) is 3. The molecular weight excluding hydrogens is 280 g/mol. The van der Waals surface area contributed by atoms with E-state index in [2.05, 4.69) is 15.3 Å². The Balaban J connectivity index is 2.46. The van der Waals surface area contributed by atoms with Gasteiger partial charge in [0.1, 0.15) is 12.1 Å². The number of aromatic nitrogens is 2. The largest absolute Gasteiger partial charge is 0.496 e. The second-order valence-corrected chi connectivity index (χ2v) is 4.67. The molecule has 0 radical (unpaired) electrons. The number of methoxy groups -OCH3 is 1. The number of rotatable bonds is 5. The van der Waals surface area contributed by atoms with E-state index in [1.54, 1.807) is 20.2 Å². The first-order valence-corrected chi connectivity index (χ1v) is 6.47. The van der Waals surface area contributed by atoms with E-state index < -0.39 is 4.92 Å². The van der Waals surface area contributed by atoms with Gasteiger partial charge in [0.15, 0.2) is 5.03 Å². The van der Waals surface area contributed by atoms with Crippen LogP contribution in [0.15, 0.2) is 40.5 Å². The maximum atomic E-state index is 11.2. The van der Waals surface area contributed by atoms with Crippen molar-refractivity contribution in [3.05, 3.63) is 40.7 Å². The van der Waals surface area contributed by atoms with Gasteiger partial charge in [-0.1, -0.05) is 23.9 Å². The fraction of sp³-hybridized carbons (Fsp3) is 0.167. The number of hydrogen-bond donors (Lipinski definition) is 1. The standard InChI is InChI=1S/C12H12N4O3S/c1-13-11-10(16(17)18)12(15-7-14-11)20-9-6-4-3-5-8(9)19-2/h3-7H,1-2H3,(H,13,14,15). The first-order valence-electron chi connectivity index (χ1n) is 5.65. The van der Waals surface area contributed by atoms with E-state index in [1.807, 2.05) is 18.2 Å². The summed E-state index contributed by atoms with van der Waals surface area (Å²) >= 11 is 1.17. The van der Waals surface area contributed by atoms with Gasteiger partial charge in [0, 0.05) is 7.05 Å². The Labute approximate surface area is 119 Å². The molecule has 0 spiro atoms. The Hall–Kier alpha value is -2.35. The summed E-state index contributed by atoms with van der Waals surface area (Å²) in [6.07, 6.45) is 1.29. The third kappa shape index (κ3) is 2.80. The molecule has 20 heavy (non-hydrogen) atoms. The van der Waals surface area contributed by atoms with Crippen LogP contribution in [0.4, 0.5) is 11.5 Å². The molecule has 2 aromatic rings. The van der Waals surface area contributed by atoms with E-state index in [9.17, 15) is 10.1 Å². The third-order valence-electron chi connectivity index (χ3n) is 2.48. The molecule has 0 aliphatic carbocycles. The summed E-state index contributed by atoms with van der Waals surface area (Å²) in [5.74, 6) is 0.818. The molecule has 0 aliphatic heterocycles. The van der Waals surface area contributed by atoms with E-state index in [-0.39, 0.29) is 16.5 Å². The van der Waals surface area contributed by atoms with Crippen LogP contribution in [-0.4, -0.2) is 29.0 Å². The molecule has 1 aromatic carbocycles. The van der Waals surface area contributed by atoms with Crippen LogP contribution in [-0.2, 0) is 0 Å². The zero-order valence-corrected chi connectivity index (χ0v) is 11.7. The van der Waals surface area contributed by atoms with Crippen molar-refractivity contribution in [1.82, 2.24) is 9.97 Å². The van der Waals surface area contributed by atoms with Crippen molar-refractivity contribution < 1.29 is 9.66 Å². The lowest BCUT2D eigenvalue weighted by atomic mass is 10.3. The zero-order valence-electron chi connectivity index (χ0n) is 10.9. The van der Waals surface area contributed by atoms with E-state index in [1.165, 1.54) is 18.1 Å². The third-order valence-corrected chi connectivity index (χ3v) is 3.53. The van der Waals surface area contributed by atoms with E-state index >= 15 is 0 Å². The van der Waals surface area contributed by atoms with Crippen LogP contribution in [0.25, 0.3) is 0 Å². The first kappa shape index (κ1) is 14.1. The predicted octanol–water partition coefficient (Wildman–Crippen LogP) is 2.59. The molecule has 0 fully saturated rings. The molecule has 0 atom stereocenters. The Morgan fingerprint density at radius 1 is 1.35 bits per heavy atom. The zero-order chi connectivity index (χ0) is 14.5. The molecule has 104 valence electrons. The Kier molecular flexibility index (Phi) is 4.36. The lowest BCUT2D eigenvalue weighted by Crippen LogP contribution is -2.02. The molecule has 2 rings (SSSR count). The van der Waals surface area contributed by atoms with Gasteiger partial charge in [-0.15, -0.1) is 0 Å². The fourth-order valence-corrected chi connectivity index (χ4v) is 2.57. The molecule has 0 saturated carbocycles. The minimum atomic E-state index is -0.496. The van der Waals surface area contributed by atoms with Gasteiger partial charge in [0.2, 0.25) is 5.82 Å². The number of ether oxygens (including phenoxy) is 1. The minimum absolute atomic E-state index is 0.147. The molecule has 0 saturated heterocycles. The van der Waals surface area contributed by atoms with Crippen LogP contribution in [0.5, 0.6) is 5.75 Å². The first-order chi connectivity index (χ1) is 9.67. The lowest BCUT2D eigenvalue weighted by Gasteiger charge is -2.08. The Morgan fingerprint density at radius 3 is 2.75 bits per heavy atom. The van der Waals surface area contributed by atoms with Crippen LogP contribution >= 0.6 is 11.8 Å². The summed E-state index contributed by atoms with van der Waals surface area (Å²) in [6, 6.07) is 7.26. The normalized spacial score (nSPS) is 10.1. The number of para-hydroxylation sites is 1. The van der Waals surface area contributed by atoms with Gasteiger partial charge in [0.25, 0.3) is 0 Å². The topological polar surface area (TPSA) is 90.2 Å². The van der Waals surface area contributed by atoms with Crippen LogP contribution in [0.2, 0.25) is 0 Å². The average molecular weight is 292 g/mol. The molecule has 1 heterocycles. The Morgan fingerprint density at radius 2 is 2.10 bits per heavy atom. The quantitative estimate of drug-likeness (QED) is 0.514. The van der Waals surface area contributed by atoms with E-state index in [4.69, 9.17) is 4.74 Å². The molecule has 8 heteroatoms. The highest BCUT2D eigenvalue weighted by molar-refractivity contribution is 7.99. The fourth-order valence-electron chi connectivity index (χ4n) is 1.59. The highest BCUT2D eigenvalue weighted by Crippen LogP contribution is 2.39. The molecule has 0 bridgehead atoms. The number of anilines is 1. The number of hydrogen-bond acceptors (Lipinski definition) is 7. The molecule has 0 amide bonds. The highest BCUT2D eigenvalue weighted by Gasteiger charge is 2.23. The van der Waals surface area contributed by atoms with Crippen molar-refractivity contribution in [2.45, 2.75) is 9.92 Å². The van der Waals surface area contributed by atoms with Gasteiger partial charge < -0.3 is 10.1 Å². The van der Waals surface area contributed by atoms with Crippen LogP contribution in [0.3, 0.4) is 0 Å². The average Bonchev–Trinajstić information content (AvgIpc) is 2.47. The number of nitro groups is 1. The summed E-state index contributed by atoms with van der Waals surface area (Å²) in [5.41, 5.74) is -0.147. The summed E-state index contributed by atoms with van der Waals surface area (Å²) in [7, 11) is 3.12. The monoisotopic (exact) mass is 292 g/mol. The van der Waals surface area contributed by atoms with Crippen molar-refractivity contribution in [2.75, 3.05) is 19.5 Å². The Bertz CT molecular complexity index is 636. The molecule has 1 aromatic heterocycles. The van der Waals surface area contributed by atoms with Crippen molar-refractivity contribution in [3.63, 3.8) is 0 Å². The smallest absolute Gasteiger partial charge is 0.343 e. The molecule has 0 unspecified atom stereocenters. The maximum absolute atomic E-state index is 11.2.